The van der Waals surface area contributed by atoms with Crippen LogP contribution in [0.4, 0.5) is 0 Å². The highest BCUT2D eigenvalue weighted by Crippen LogP contribution is 2.07. The van der Waals surface area contributed by atoms with Gasteiger partial charge in [-0.25, -0.2) is 4.68 Å². The number of rotatable bonds is 6. The zero-order valence-electron chi connectivity index (χ0n) is 12.8. The number of nitrogens with zero attached hydrogens (tertiary/aromatic N) is 4. The van der Waals surface area contributed by atoms with Gasteiger partial charge < -0.3 is 14.2 Å². The predicted octanol–water partition coefficient (Wildman–Crippen LogP) is 0.458. The third-order valence-corrected chi connectivity index (χ3v) is 3.02. The highest BCUT2D eigenvalue weighted by molar-refractivity contribution is 5.91. The molecule has 0 spiro atoms. The van der Waals surface area contributed by atoms with Gasteiger partial charge in [0.25, 0.3) is 11.5 Å². The van der Waals surface area contributed by atoms with E-state index in [1.165, 1.54) is 28.8 Å². The maximum atomic E-state index is 12.4. The minimum atomic E-state index is -0.299. The molecule has 2 aromatic rings. The van der Waals surface area contributed by atoms with Crippen LogP contribution in [-0.4, -0.2) is 46.5 Å². The van der Waals surface area contributed by atoms with Gasteiger partial charge in [0.1, 0.15) is 17.1 Å². The van der Waals surface area contributed by atoms with E-state index in [9.17, 15) is 9.59 Å². The molecule has 0 aromatic carbocycles. The van der Waals surface area contributed by atoms with Crippen LogP contribution in [0.15, 0.2) is 27.5 Å². The SMILES string of the molecule is COCCn1nc(C(=O)N(C)Cc2cc(C)on2)ccc1=O. The third-order valence-electron chi connectivity index (χ3n) is 3.02. The average Bonchev–Trinajstić information content (AvgIpc) is 2.90. The summed E-state index contributed by atoms with van der Waals surface area (Å²) in [4.78, 5) is 25.5. The molecule has 0 atom stereocenters. The van der Waals surface area contributed by atoms with Crippen LogP contribution in [0, 0.1) is 6.92 Å². The molecule has 0 N–H and O–H groups in total. The number of hydrogen-bond donors (Lipinski definition) is 0. The van der Waals surface area contributed by atoms with Crippen LogP contribution in [0.1, 0.15) is 21.9 Å². The molecule has 2 heterocycles. The number of aromatic nitrogens is 3. The van der Waals surface area contributed by atoms with Gasteiger partial charge in [0.05, 0.1) is 19.7 Å². The second-order valence-corrected chi connectivity index (χ2v) is 4.86. The summed E-state index contributed by atoms with van der Waals surface area (Å²) in [6.07, 6.45) is 0. The van der Waals surface area contributed by atoms with Crippen molar-refractivity contribution in [1.29, 1.82) is 0 Å². The van der Waals surface area contributed by atoms with Gasteiger partial charge in [0.2, 0.25) is 0 Å². The molecule has 8 nitrogen and oxygen atoms in total. The van der Waals surface area contributed by atoms with Crippen LogP contribution < -0.4 is 5.56 Å². The predicted molar refractivity (Wildman–Crippen MR) is 77.4 cm³/mol. The number of ether oxygens (including phenoxy) is 1. The second kappa shape index (κ2) is 6.99. The van der Waals surface area contributed by atoms with Gasteiger partial charge in [-0.3, -0.25) is 9.59 Å². The lowest BCUT2D eigenvalue weighted by Crippen LogP contribution is -2.31. The van der Waals surface area contributed by atoms with Gasteiger partial charge in [0.15, 0.2) is 0 Å². The summed E-state index contributed by atoms with van der Waals surface area (Å²) in [6.45, 7) is 2.72. The van der Waals surface area contributed by atoms with Crippen LogP contribution in [0.5, 0.6) is 0 Å². The Morgan fingerprint density at radius 1 is 1.45 bits per heavy atom. The monoisotopic (exact) mass is 306 g/mol. The average molecular weight is 306 g/mol. The first-order chi connectivity index (χ1) is 10.5. The maximum Gasteiger partial charge on any atom is 0.274 e. The van der Waals surface area contributed by atoms with Crippen molar-refractivity contribution >= 4 is 5.91 Å². The summed E-state index contributed by atoms with van der Waals surface area (Å²) in [5.41, 5.74) is 0.572. The molecule has 118 valence electrons. The first kappa shape index (κ1) is 15.9. The van der Waals surface area contributed by atoms with E-state index in [0.717, 1.165) is 0 Å². The summed E-state index contributed by atoms with van der Waals surface area (Å²) >= 11 is 0. The molecule has 2 aromatic heterocycles. The fourth-order valence-electron chi connectivity index (χ4n) is 1.90. The zero-order chi connectivity index (χ0) is 16.1. The molecule has 0 fully saturated rings. The Bertz CT molecular complexity index is 707. The second-order valence-electron chi connectivity index (χ2n) is 4.86. The zero-order valence-corrected chi connectivity index (χ0v) is 12.8. The molecule has 0 aliphatic carbocycles. The lowest BCUT2D eigenvalue weighted by molar-refractivity contribution is 0.0772. The minimum absolute atomic E-state index is 0.193. The highest BCUT2D eigenvalue weighted by atomic mass is 16.5. The molecule has 0 saturated heterocycles. The smallest absolute Gasteiger partial charge is 0.274 e. The first-order valence-corrected chi connectivity index (χ1v) is 6.76. The van der Waals surface area contributed by atoms with Crippen molar-refractivity contribution in [1.82, 2.24) is 19.8 Å². The van der Waals surface area contributed by atoms with Crippen LogP contribution in [0.25, 0.3) is 0 Å². The van der Waals surface area contributed by atoms with Crippen molar-refractivity contribution in [3.63, 3.8) is 0 Å². The van der Waals surface area contributed by atoms with Crippen molar-refractivity contribution in [3.05, 3.63) is 45.7 Å². The molecule has 8 heteroatoms. The van der Waals surface area contributed by atoms with Gasteiger partial charge >= 0.3 is 0 Å². The van der Waals surface area contributed by atoms with Gasteiger partial charge in [-0.1, -0.05) is 5.16 Å². The van der Waals surface area contributed by atoms with Gasteiger partial charge in [0, 0.05) is 26.3 Å². The molecule has 2 rings (SSSR count). The summed E-state index contributed by atoms with van der Waals surface area (Å²) in [7, 11) is 3.17. The topological polar surface area (TPSA) is 90.5 Å². The van der Waals surface area contributed by atoms with Crippen molar-refractivity contribution in [2.75, 3.05) is 20.8 Å². The van der Waals surface area contributed by atoms with E-state index in [-0.39, 0.29) is 17.2 Å². The van der Waals surface area contributed by atoms with Crippen LogP contribution >= 0.6 is 0 Å². The summed E-state index contributed by atoms with van der Waals surface area (Å²) in [5, 5.41) is 7.91. The lowest BCUT2D eigenvalue weighted by atomic mass is 10.3. The van der Waals surface area contributed by atoms with Gasteiger partial charge in [-0.15, -0.1) is 0 Å². The molecule has 0 aliphatic rings. The fraction of sp³-hybridized carbons (Fsp3) is 0.429. The highest BCUT2D eigenvalue weighted by Gasteiger charge is 2.16. The molecular weight excluding hydrogens is 288 g/mol. The van der Waals surface area contributed by atoms with E-state index in [1.54, 1.807) is 20.0 Å². The molecule has 0 bridgehead atoms. The Labute approximate surface area is 127 Å². The normalized spacial score (nSPS) is 10.7. The fourth-order valence-corrected chi connectivity index (χ4v) is 1.90. The van der Waals surface area contributed by atoms with E-state index >= 15 is 0 Å². The molecule has 0 saturated carbocycles. The number of methoxy groups -OCH3 is 1. The molecule has 0 aliphatic heterocycles. The Morgan fingerprint density at radius 2 is 2.23 bits per heavy atom. The number of hydrogen-bond acceptors (Lipinski definition) is 6. The Morgan fingerprint density at radius 3 is 2.86 bits per heavy atom. The lowest BCUT2D eigenvalue weighted by Gasteiger charge is -2.15. The van der Waals surface area contributed by atoms with E-state index in [4.69, 9.17) is 9.26 Å². The third kappa shape index (κ3) is 3.79. The number of carbonyl (C=O) groups excluding carboxylic acids is 1. The summed E-state index contributed by atoms with van der Waals surface area (Å²) in [6, 6.07) is 4.50. The molecule has 0 radical (unpaired) electrons. The molecule has 0 unspecified atom stereocenters. The van der Waals surface area contributed by atoms with Crippen molar-refractivity contribution in [2.45, 2.75) is 20.0 Å². The quantitative estimate of drug-likeness (QED) is 0.770. The summed E-state index contributed by atoms with van der Waals surface area (Å²) in [5.74, 6) is 0.383. The van der Waals surface area contributed by atoms with Crippen molar-refractivity contribution in [2.24, 2.45) is 0 Å². The van der Waals surface area contributed by atoms with Crippen LogP contribution in [-0.2, 0) is 17.8 Å². The molecule has 22 heavy (non-hydrogen) atoms. The Hall–Kier alpha value is -2.48. The van der Waals surface area contributed by atoms with Gasteiger partial charge in [-0.2, -0.15) is 5.10 Å². The Balaban J connectivity index is 2.12. The van der Waals surface area contributed by atoms with E-state index in [1.807, 2.05) is 0 Å². The van der Waals surface area contributed by atoms with Crippen molar-refractivity contribution in [3.8, 4) is 0 Å². The van der Waals surface area contributed by atoms with E-state index < -0.39 is 0 Å². The standard InChI is InChI=1S/C14H18N4O4/c1-10-8-11(16-22-10)9-17(2)14(20)12-4-5-13(19)18(15-12)6-7-21-3/h4-5,8H,6-7,9H2,1-3H3. The number of amides is 1. The summed E-state index contributed by atoms with van der Waals surface area (Å²) < 4.78 is 11.1. The van der Waals surface area contributed by atoms with E-state index in [0.29, 0.717) is 31.2 Å². The largest absolute Gasteiger partial charge is 0.383 e. The maximum absolute atomic E-state index is 12.4. The van der Waals surface area contributed by atoms with Crippen molar-refractivity contribution < 1.29 is 14.1 Å². The number of aryl methyl sites for hydroxylation is 1. The molecule has 1 amide bonds. The first-order valence-electron chi connectivity index (χ1n) is 6.76. The molecular formula is C14H18N4O4. The van der Waals surface area contributed by atoms with E-state index in [2.05, 4.69) is 10.3 Å². The number of carbonyl (C=O) groups is 1. The minimum Gasteiger partial charge on any atom is -0.383 e. The van der Waals surface area contributed by atoms with Gasteiger partial charge in [-0.05, 0) is 13.0 Å². The van der Waals surface area contributed by atoms with Crippen LogP contribution in [0.2, 0.25) is 0 Å². The van der Waals surface area contributed by atoms with Crippen LogP contribution in [0.3, 0.4) is 0 Å². The Kier molecular flexibility index (Phi) is 5.05.